The number of aliphatic hydroxyl groups is 1. The minimum Gasteiger partial charge on any atom is -0.453 e. The van der Waals surface area contributed by atoms with Gasteiger partial charge in [0.2, 0.25) is 21.9 Å². The van der Waals surface area contributed by atoms with E-state index in [0.717, 1.165) is 10.6 Å². The summed E-state index contributed by atoms with van der Waals surface area (Å²) in [4.78, 5) is 45.2. The number of anilines is 1. The number of nitrogens with one attached hydrogen (secondary N) is 4. The van der Waals surface area contributed by atoms with Crippen LogP contribution in [0.4, 0.5) is 10.7 Å². The Morgan fingerprint density at radius 3 is 2.34 bits per heavy atom. The summed E-state index contributed by atoms with van der Waals surface area (Å²) in [5, 5.41) is 18.2. The predicted molar refractivity (Wildman–Crippen MR) is 179 cm³/mol. The lowest BCUT2D eigenvalue weighted by molar-refractivity contribution is -0.147. The van der Waals surface area contributed by atoms with Gasteiger partial charge < -0.3 is 20.1 Å². The molecule has 15 heteroatoms. The van der Waals surface area contributed by atoms with Gasteiger partial charge in [0.05, 0.1) is 41.7 Å². The number of likely N-dealkylation sites (N-methyl/N-ethyl adjacent to an activating group) is 1. The highest BCUT2D eigenvalue weighted by Gasteiger charge is 2.36. The summed E-state index contributed by atoms with van der Waals surface area (Å²) in [6.45, 7) is 8.97. The second-order valence-electron chi connectivity index (χ2n) is 13.0. The van der Waals surface area contributed by atoms with Gasteiger partial charge in [-0.15, -0.1) is 0 Å². The van der Waals surface area contributed by atoms with Crippen LogP contribution in [0, 0.1) is 11.3 Å². The number of sulfonamides is 1. The van der Waals surface area contributed by atoms with E-state index in [1.54, 1.807) is 7.05 Å². The van der Waals surface area contributed by atoms with Gasteiger partial charge in [0.25, 0.3) is 5.91 Å². The topological polar surface area (TPSA) is 186 Å². The third-order valence-corrected chi connectivity index (χ3v) is 8.88. The zero-order valence-electron chi connectivity index (χ0n) is 28.0. The molecule has 0 saturated carbocycles. The van der Waals surface area contributed by atoms with Gasteiger partial charge in [-0.25, -0.2) is 23.2 Å². The molecular weight excluding hydrogens is 626 g/mol. The number of carbonyl (C=O) groups is 3. The lowest BCUT2D eigenvalue weighted by atomic mass is 9.92. The summed E-state index contributed by atoms with van der Waals surface area (Å²) >= 11 is 0. The van der Waals surface area contributed by atoms with Crippen molar-refractivity contribution in [3.8, 4) is 0 Å². The Morgan fingerprint density at radius 1 is 1.06 bits per heavy atom. The number of hydrogen-bond acceptors (Lipinski definition) is 9. The van der Waals surface area contributed by atoms with Gasteiger partial charge in [0.1, 0.15) is 0 Å². The van der Waals surface area contributed by atoms with Crippen LogP contribution >= 0.6 is 0 Å². The minimum absolute atomic E-state index is 0.0627. The molecule has 14 nitrogen and oxygen atoms in total. The van der Waals surface area contributed by atoms with Crippen molar-refractivity contribution in [2.75, 3.05) is 39.1 Å². The molecule has 0 bridgehead atoms. The Labute approximate surface area is 276 Å². The van der Waals surface area contributed by atoms with Gasteiger partial charge >= 0.3 is 6.09 Å². The third-order valence-electron chi connectivity index (χ3n) is 7.05. The molecule has 3 amide bonds. The van der Waals surface area contributed by atoms with E-state index in [1.807, 2.05) is 65.0 Å². The maximum atomic E-state index is 14.1. The van der Waals surface area contributed by atoms with Crippen LogP contribution in [0.1, 0.15) is 46.6 Å². The molecule has 47 heavy (non-hydrogen) atoms. The summed E-state index contributed by atoms with van der Waals surface area (Å²) in [6, 6.07) is 12.4. The molecule has 0 aliphatic heterocycles. The van der Waals surface area contributed by atoms with E-state index in [2.05, 4.69) is 30.8 Å². The molecule has 2 aromatic carbocycles. The molecule has 0 radical (unpaired) electrons. The molecule has 258 valence electrons. The fourth-order valence-electron chi connectivity index (χ4n) is 4.99. The summed E-state index contributed by atoms with van der Waals surface area (Å²) in [7, 11) is -1.40. The maximum absolute atomic E-state index is 14.1. The number of aliphatic hydroxyl groups excluding tert-OH is 1. The molecule has 1 heterocycles. The molecule has 1 aromatic heterocycles. The molecular formula is C32H47N7O7S. The second kappa shape index (κ2) is 16.2. The number of carbonyl (C=O) groups excluding carboxylic acids is 3. The smallest absolute Gasteiger partial charge is 0.413 e. The van der Waals surface area contributed by atoms with Crippen molar-refractivity contribution in [1.82, 2.24) is 30.0 Å². The van der Waals surface area contributed by atoms with Crippen LogP contribution < -0.4 is 16.1 Å². The van der Waals surface area contributed by atoms with Crippen molar-refractivity contribution < 1.29 is 32.6 Å². The van der Waals surface area contributed by atoms with Gasteiger partial charge in [-0.3, -0.25) is 20.3 Å². The predicted octanol–water partition coefficient (Wildman–Crippen LogP) is 2.88. The number of nitrogens with zero attached hydrogens (tertiary/aromatic N) is 3. The Hall–Kier alpha value is -4.05. The Bertz CT molecular complexity index is 1620. The van der Waals surface area contributed by atoms with E-state index in [0.29, 0.717) is 11.0 Å². The van der Waals surface area contributed by atoms with Crippen LogP contribution in [0.5, 0.6) is 0 Å². The van der Waals surface area contributed by atoms with E-state index in [-0.39, 0.29) is 54.7 Å². The number of fused-ring (bicyclic) bond motifs is 1. The standard InChI is InChI=1S/C32H47N7O7S/c1-21(2)19-38(47(44,45)23-13-14-24-25(16-23)35-30(34-24)36-31(43)46-7)20-27(40)26(15-22-11-9-8-10-12-22)39(29(42)18-33-6)37-28(41)17-32(3,4)5/h8-14,16,21,26-27,33,40H,15,17-20H2,1-7H3,(H,37,41)(H2,34,35,36,43)/t26?,27-/m0/s1. The molecule has 0 aliphatic rings. The normalized spacial score (nSPS) is 13.4. The number of imidazole rings is 1. The van der Waals surface area contributed by atoms with Crippen molar-refractivity contribution in [3.05, 3.63) is 54.1 Å². The molecule has 0 aliphatic carbocycles. The zero-order valence-corrected chi connectivity index (χ0v) is 28.8. The van der Waals surface area contributed by atoms with Gasteiger partial charge in [-0.2, -0.15) is 4.31 Å². The van der Waals surface area contributed by atoms with E-state index in [4.69, 9.17) is 0 Å². The van der Waals surface area contributed by atoms with Crippen LogP contribution in [-0.2, 0) is 30.8 Å². The average molecular weight is 674 g/mol. The molecule has 3 aromatic rings. The summed E-state index contributed by atoms with van der Waals surface area (Å²) in [5.41, 5.74) is 3.89. The van der Waals surface area contributed by atoms with Crippen molar-refractivity contribution in [2.45, 2.75) is 64.5 Å². The van der Waals surface area contributed by atoms with Crippen molar-refractivity contribution in [1.29, 1.82) is 0 Å². The van der Waals surface area contributed by atoms with Crippen molar-refractivity contribution >= 4 is 44.9 Å². The highest BCUT2D eigenvalue weighted by Crippen LogP contribution is 2.25. The molecule has 0 saturated heterocycles. The number of ether oxygens (including phenoxy) is 1. The van der Waals surface area contributed by atoms with Crippen LogP contribution in [-0.4, -0.2) is 96.7 Å². The number of methoxy groups -OCH3 is 1. The lowest BCUT2D eigenvalue weighted by Crippen LogP contribution is -2.60. The number of benzene rings is 2. The first kappa shape index (κ1) is 37.4. The molecule has 2 atom stereocenters. The first-order valence-electron chi connectivity index (χ1n) is 15.4. The van der Waals surface area contributed by atoms with Crippen molar-refractivity contribution in [3.63, 3.8) is 0 Å². The number of amides is 3. The summed E-state index contributed by atoms with van der Waals surface area (Å²) < 4.78 is 34.0. The number of rotatable bonds is 14. The van der Waals surface area contributed by atoms with E-state index in [1.165, 1.54) is 29.6 Å². The number of hydrogen-bond donors (Lipinski definition) is 5. The van der Waals surface area contributed by atoms with Crippen molar-refractivity contribution in [2.24, 2.45) is 11.3 Å². The van der Waals surface area contributed by atoms with Crippen LogP contribution in [0.15, 0.2) is 53.4 Å². The highest BCUT2D eigenvalue weighted by molar-refractivity contribution is 7.89. The molecule has 3 rings (SSSR count). The van der Waals surface area contributed by atoms with Gasteiger partial charge in [0, 0.05) is 19.5 Å². The first-order chi connectivity index (χ1) is 22.0. The second-order valence-corrected chi connectivity index (χ2v) is 14.9. The number of aromatic nitrogens is 2. The Kier molecular flexibility index (Phi) is 12.9. The zero-order chi connectivity index (χ0) is 34.9. The minimum atomic E-state index is -4.20. The van der Waals surface area contributed by atoms with Gasteiger partial charge in [-0.1, -0.05) is 65.0 Å². The quantitative estimate of drug-likeness (QED) is 0.161. The Morgan fingerprint density at radius 2 is 1.74 bits per heavy atom. The maximum Gasteiger partial charge on any atom is 0.413 e. The summed E-state index contributed by atoms with van der Waals surface area (Å²) in [6.07, 6.45) is -1.90. The number of H-pyrrole nitrogens is 1. The number of aromatic amines is 1. The number of hydrazine groups is 1. The SMILES string of the molecule is CNCC(=O)N(NC(=O)CC(C)(C)C)C(Cc1ccccc1)[C@@H](O)CN(CC(C)C)S(=O)(=O)c1ccc2nc(NC(=O)OC)[nH]c2c1. The van der Waals surface area contributed by atoms with Gasteiger partial charge in [0.15, 0.2) is 0 Å². The summed E-state index contributed by atoms with van der Waals surface area (Å²) in [5.74, 6) is -0.939. The monoisotopic (exact) mass is 673 g/mol. The molecule has 0 spiro atoms. The van der Waals surface area contributed by atoms with Crippen LogP contribution in [0.2, 0.25) is 0 Å². The fraction of sp³-hybridized carbons (Fsp3) is 0.500. The molecule has 5 N–H and O–H groups in total. The van der Waals surface area contributed by atoms with E-state index >= 15 is 0 Å². The fourth-order valence-corrected chi connectivity index (χ4v) is 6.64. The largest absolute Gasteiger partial charge is 0.453 e. The Balaban J connectivity index is 2.01. The van der Waals surface area contributed by atoms with Crippen LogP contribution in [0.3, 0.4) is 0 Å². The first-order valence-corrected chi connectivity index (χ1v) is 16.8. The lowest BCUT2D eigenvalue weighted by Gasteiger charge is -2.37. The van der Waals surface area contributed by atoms with E-state index < -0.39 is 40.1 Å². The van der Waals surface area contributed by atoms with E-state index in [9.17, 15) is 27.9 Å². The average Bonchev–Trinajstić information content (AvgIpc) is 3.39. The molecule has 1 unspecified atom stereocenters. The third kappa shape index (κ3) is 10.7. The van der Waals surface area contributed by atoms with Crippen LogP contribution in [0.25, 0.3) is 11.0 Å². The van der Waals surface area contributed by atoms with Gasteiger partial charge in [-0.05, 0) is 48.6 Å². The highest BCUT2D eigenvalue weighted by atomic mass is 32.2. The molecule has 0 fully saturated rings.